The molecule has 1 heterocycles. The molecule has 16 heavy (non-hydrogen) atoms. The minimum absolute atomic E-state index is 0.256. The second kappa shape index (κ2) is 4.37. The number of nitrogens with two attached hydrogens (primary N) is 1. The molecule has 82 valence electrons. The summed E-state index contributed by atoms with van der Waals surface area (Å²) < 4.78 is 0. The monoisotopic (exact) mass is 234 g/mol. The average molecular weight is 235 g/mol. The highest BCUT2D eigenvalue weighted by atomic mass is 35.5. The Morgan fingerprint density at radius 3 is 2.81 bits per heavy atom. The molecule has 2 rings (SSSR count). The lowest BCUT2D eigenvalue weighted by molar-refractivity contribution is 1.09. The molecule has 1 aromatic carbocycles. The molecule has 0 radical (unpaired) electrons. The normalized spacial score (nSPS) is 10.1. The van der Waals surface area contributed by atoms with Gasteiger partial charge in [-0.05, 0) is 24.3 Å². The zero-order chi connectivity index (χ0) is 11.5. The Hall–Kier alpha value is -1.81. The van der Waals surface area contributed by atoms with Crippen molar-refractivity contribution in [3.8, 4) is 0 Å². The zero-order valence-electron chi connectivity index (χ0n) is 8.76. The van der Waals surface area contributed by atoms with Gasteiger partial charge in [-0.2, -0.15) is 4.98 Å². The van der Waals surface area contributed by atoms with Crippen molar-refractivity contribution in [1.82, 2.24) is 9.97 Å². The predicted molar refractivity (Wildman–Crippen MR) is 66.0 cm³/mol. The van der Waals surface area contributed by atoms with Crippen molar-refractivity contribution in [2.45, 2.75) is 0 Å². The van der Waals surface area contributed by atoms with Crippen LogP contribution in [0.3, 0.4) is 0 Å². The Balaban J connectivity index is 2.35. The van der Waals surface area contributed by atoms with E-state index in [-0.39, 0.29) is 5.95 Å². The Kier molecular flexibility index (Phi) is 2.92. The molecule has 0 saturated heterocycles. The standard InChI is InChI=1S/C11H11ClN4/c1-16(9-4-2-3-8(12)7-9)10-5-6-14-11(13)15-10/h2-7H,1H3,(H2,13,14,15). The third-order valence-corrected chi connectivity index (χ3v) is 2.43. The number of aromatic nitrogens is 2. The van der Waals surface area contributed by atoms with Crippen LogP contribution < -0.4 is 10.6 Å². The van der Waals surface area contributed by atoms with Gasteiger partial charge in [-0.25, -0.2) is 4.98 Å². The first-order valence-electron chi connectivity index (χ1n) is 4.74. The number of hydrogen-bond donors (Lipinski definition) is 1. The summed E-state index contributed by atoms with van der Waals surface area (Å²) in [5, 5.41) is 0.686. The molecular weight excluding hydrogens is 224 g/mol. The summed E-state index contributed by atoms with van der Waals surface area (Å²) in [7, 11) is 1.90. The SMILES string of the molecule is CN(c1cccc(Cl)c1)c1ccnc(N)n1. The Morgan fingerprint density at radius 1 is 1.31 bits per heavy atom. The summed E-state index contributed by atoms with van der Waals surface area (Å²) in [5.74, 6) is 0.987. The van der Waals surface area contributed by atoms with E-state index in [0.29, 0.717) is 5.02 Å². The Bertz CT molecular complexity index is 455. The lowest BCUT2D eigenvalue weighted by Gasteiger charge is -2.18. The van der Waals surface area contributed by atoms with Crippen LogP contribution in [0, 0.1) is 0 Å². The van der Waals surface area contributed by atoms with Crippen LogP contribution in [0.4, 0.5) is 17.5 Å². The first-order chi connectivity index (χ1) is 7.66. The Labute approximate surface area is 98.7 Å². The molecule has 0 spiro atoms. The minimum atomic E-state index is 0.256. The van der Waals surface area contributed by atoms with Crippen LogP contribution in [0.1, 0.15) is 0 Å². The maximum Gasteiger partial charge on any atom is 0.221 e. The fourth-order valence-electron chi connectivity index (χ4n) is 1.37. The first kappa shape index (κ1) is 10.7. The summed E-state index contributed by atoms with van der Waals surface area (Å²) in [6.45, 7) is 0. The number of hydrogen-bond acceptors (Lipinski definition) is 4. The molecule has 0 aliphatic heterocycles. The fourth-order valence-corrected chi connectivity index (χ4v) is 1.55. The maximum absolute atomic E-state index is 5.92. The maximum atomic E-state index is 5.92. The number of benzene rings is 1. The third-order valence-electron chi connectivity index (χ3n) is 2.20. The smallest absolute Gasteiger partial charge is 0.221 e. The first-order valence-corrected chi connectivity index (χ1v) is 5.12. The van der Waals surface area contributed by atoms with Crippen LogP contribution in [0.25, 0.3) is 0 Å². The summed E-state index contributed by atoms with van der Waals surface area (Å²) in [6, 6.07) is 9.31. The van der Waals surface area contributed by atoms with E-state index in [0.717, 1.165) is 11.5 Å². The van der Waals surface area contributed by atoms with Gasteiger partial charge in [0.15, 0.2) is 0 Å². The van der Waals surface area contributed by atoms with Gasteiger partial charge in [0.2, 0.25) is 5.95 Å². The van der Waals surface area contributed by atoms with Crippen LogP contribution >= 0.6 is 11.6 Å². The Morgan fingerprint density at radius 2 is 2.12 bits per heavy atom. The lowest BCUT2D eigenvalue weighted by Crippen LogP contribution is -2.12. The van der Waals surface area contributed by atoms with E-state index in [1.807, 2.05) is 36.2 Å². The summed E-state index contributed by atoms with van der Waals surface area (Å²) in [5.41, 5.74) is 6.48. The number of halogens is 1. The molecule has 2 aromatic rings. The predicted octanol–water partition coefficient (Wildman–Crippen LogP) is 2.48. The van der Waals surface area contributed by atoms with E-state index in [1.54, 1.807) is 12.3 Å². The average Bonchev–Trinajstić information content (AvgIpc) is 2.28. The van der Waals surface area contributed by atoms with Crippen LogP contribution in [0.15, 0.2) is 36.5 Å². The van der Waals surface area contributed by atoms with Crippen molar-refractivity contribution in [1.29, 1.82) is 0 Å². The van der Waals surface area contributed by atoms with Gasteiger partial charge in [-0.3, -0.25) is 0 Å². The van der Waals surface area contributed by atoms with E-state index in [2.05, 4.69) is 9.97 Å². The molecule has 0 aliphatic carbocycles. The third kappa shape index (κ3) is 2.23. The van der Waals surface area contributed by atoms with E-state index in [1.165, 1.54) is 0 Å². The van der Waals surface area contributed by atoms with E-state index < -0.39 is 0 Å². The van der Waals surface area contributed by atoms with Gasteiger partial charge in [0.25, 0.3) is 0 Å². The highest BCUT2D eigenvalue weighted by Crippen LogP contribution is 2.24. The molecule has 4 nitrogen and oxygen atoms in total. The molecule has 0 amide bonds. The summed E-state index contributed by atoms with van der Waals surface area (Å²) in [6.07, 6.45) is 1.62. The van der Waals surface area contributed by atoms with Crippen LogP contribution in [0.2, 0.25) is 5.02 Å². The molecule has 5 heteroatoms. The lowest BCUT2D eigenvalue weighted by atomic mass is 10.3. The van der Waals surface area contributed by atoms with Gasteiger partial charge >= 0.3 is 0 Å². The van der Waals surface area contributed by atoms with Gasteiger partial charge in [-0.1, -0.05) is 17.7 Å². The largest absolute Gasteiger partial charge is 0.368 e. The molecule has 0 atom stereocenters. The van der Waals surface area contributed by atoms with Gasteiger partial charge in [-0.15, -0.1) is 0 Å². The number of nitrogen functional groups attached to an aromatic ring is 1. The van der Waals surface area contributed by atoms with Crippen molar-refractivity contribution in [3.63, 3.8) is 0 Å². The van der Waals surface area contributed by atoms with Gasteiger partial charge < -0.3 is 10.6 Å². The van der Waals surface area contributed by atoms with Crippen LogP contribution in [0.5, 0.6) is 0 Å². The molecular formula is C11H11ClN4. The molecule has 0 fully saturated rings. The van der Waals surface area contributed by atoms with Gasteiger partial charge in [0.05, 0.1) is 0 Å². The van der Waals surface area contributed by atoms with Gasteiger partial charge in [0, 0.05) is 24.0 Å². The quantitative estimate of drug-likeness (QED) is 0.868. The number of nitrogens with zero attached hydrogens (tertiary/aromatic N) is 3. The van der Waals surface area contributed by atoms with Crippen molar-refractivity contribution < 1.29 is 0 Å². The highest BCUT2D eigenvalue weighted by Gasteiger charge is 2.05. The van der Waals surface area contributed by atoms with Gasteiger partial charge in [0.1, 0.15) is 5.82 Å². The van der Waals surface area contributed by atoms with Crippen molar-refractivity contribution >= 4 is 29.1 Å². The van der Waals surface area contributed by atoms with Crippen molar-refractivity contribution in [2.24, 2.45) is 0 Å². The minimum Gasteiger partial charge on any atom is -0.368 e. The molecule has 0 unspecified atom stereocenters. The summed E-state index contributed by atoms with van der Waals surface area (Å²) in [4.78, 5) is 9.87. The second-order valence-electron chi connectivity index (χ2n) is 3.31. The topological polar surface area (TPSA) is 55.0 Å². The van der Waals surface area contributed by atoms with Crippen molar-refractivity contribution in [2.75, 3.05) is 17.7 Å². The van der Waals surface area contributed by atoms with E-state index in [9.17, 15) is 0 Å². The summed E-state index contributed by atoms with van der Waals surface area (Å²) >= 11 is 5.92. The second-order valence-corrected chi connectivity index (χ2v) is 3.75. The zero-order valence-corrected chi connectivity index (χ0v) is 9.52. The molecule has 0 saturated carbocycles. The van der Waals surface area contributed by atoms with Crippen LogP contribution in [-0.2, 0) is 0 Å². The van der Waals surface area contributed by atoms with Crippen molar-refractivity contribution in [3.05, 3.63) is 41.6 Å². The van der Waals surface area contributed by atoms with E-state index in [4.69, 9.17) is 17.3 Å². The van der Waals surface area contributed by atoms with Crippen LogP contribution in [-0.4, -0.2) is 17.0 Å². The number of rotatable bonds is 2. The molecule has 2 N–H and O–H groups in total. The fraction of sp³-hybridized carbons (Fsp3) is 0.0909. The molecule has 1 aromatic heterocycles. The number of anilines is 3. The van der Waals surface area contributed by atoms with E-state index >= 15 is 0 Å². The highest BCUT2D eigenvalue weighted by molar-refractivity contribution is 6.30. The molecule has 0 aliphatic rings. The molecule has 0 bridgehead atoms.